The highest BCUT2D eigenvalue weighted by Crippen LogP contribution is 2.20. The largest absolute Gasteiger partial charge is 0.496 e. The van der Waals surface area contributed by atoms with Crippen LogP contribution in [0, 0.1) is 19.7 Å². The van der Waals surface area contributed by atoms with Gasteiger partial charge in [0, 0.05) is 38.1 Å². The number of ether oxygens (including phenoxy) is 1. The molecule has 2 aromatic carbocycles. The van der Waals surface area contributed by atoms with Crippen LogP contribution in [0.4, 0.5) is 4.39 Å². The summed E-state index contributed by atoms with van der Waals surface area (Å²) in [7, 11) is 3.36. The Morgan fingerprint density at radius 3 is 2.53 bits per heavy atom. The summed E-state index contributed by atoms with van der Waals surface area (Å²) < 4.78 is 21.7. The Morgan fingerprint density at radius 2 is 1.90 bits per heavy atom. The summed E-state index contributed by atoms with van der Waals surface area (Å²) in [5.41, 5.74) is 3.48. The molecule has 0 unspecified atom stereocenters. The highest BCUT2D eigenvalue weighted by atomic mass is 127. The minimum absolute atomic E-state index is 0. The lowest BCUT2D eigenvalue weighted by atomic mass is 10.1. The van der Waals surface area contributed by atoms with E-state index < -0.39 is 0 Å². The number of benzene rings is 2. The van der Waals surface area contributed by atoms with Gasteiger partial charge in [0.25, 0.3) is 0 Å². The monoisotopic (exact) mass is 523 g/mol. The molecule has 0 radical (unpaired) electrons. The smallest absolute Gasteiger partial charge is 0.191 e. The summed E-state index contributed by atoms with van der Waals surface area (Å²) in [4.78, 5) is 8.37. The van der Waals surface area contributed by atoms with E-state index in [2.05, 4.69) is 20.6 Å². The maximum absolute atomic E-state index is 14.5. The Labute approximate surface area is 193 Å². The van der Waals surface area contributed by atoms with Gasteiger partial charge >= 0.3 is 0 Å². The average molecular weight is 523 g/mol. The van der Waals surface area contributed by atoms with Gasteiger partial charge in [-0.1, -0.05) is 18.2 Å². The number of hydrogen-bond donors (Lipinski definition) is 2. The van der Waals surface area contributed by atoms with Crippen molar-refractivity contribution in [1.82, 2.24) is 20.2 Å². The summed E-state index contributed by atoms with van der Waals surface area (Å²) in [6, 6.07) is 11.2. The molecule has 0 aliphatic carbocycles. The van der Waals surface area contributed by atoms with Crippen molar-refractivity contribution in [3.05, 3.63) is 77.1 Å². The normalized spacial score (nSPS) is 11.0. The third-order valence-corrected chi connectivity index (χ3v) is 4.67. The average Bonchev–Trinajstić information content (AvgIpc) is 3.14. The Hall–Kier alpha value is -2.62. The van der Waals surface area contributed by atoms with Crippen molar-refractivity contribution in [1.29, 1.82) is 0 Å². The predicted octanol–water partition coefficient (Wildman–Crippen LogP) is 4.12. The quantitative estimate of drug-likeness (QED) is 0.290. The molecule has 0 aliphatic heterocycles. The summed E-state index contributed by atoms with van der Waals surface area (Å²) in [6.45, 7) is 4.88. The van der Waals surface area contributed by atoms with Crippen LogP contribution in [-0.2, 0) is 13.1 Å². The molecule has 3 rings (SSSR count). The van der Waals surface area contributed by atoms with Crippen molar-refractivity contribution in [3.8, 4) is 11.4 Å². The van der Waals surface area contributed by atoms with Gasteiger partial charge in [-0.2, -0.15) is 0 Å². The van der Waals surface area contributed by atoms with Gasteiger partial charge in [-0.25, -0.2) is 9.37 Å². The third kappa shape index (κ3) is 5.71. The predicted molar refractivity (Wildman–Crippen MR) is 128 cm³/mol. The van der Waals surface area contributed by atoms with Gasteiger partial charge in [0.05, 0.1) is 12.8 Å². The highest BCUT2D eigenvalue weighted by molar-refractivity contribution is 14.0. The number of nitrogens with one attached hydrogen (secondary N) is 2. The number of aromatic nitrogens is 2. The molecule has 3 aromatic rings. The number of imidazole rings is 1. The van der Waals surface area contributed by atoms with Crippen molar-refractivity contribution in [2.24, 2.45) is 4.99 Å². The second kappa shape index (κ2) is 11.0. The summed E-state index contributed by atoms with van der Waals surface area (Å²) in [6.07, 6.45) is 3.40. The van der Waals surface area contributed by atoms with E-state index in [9.17, 15) is 4.39 Å². The minimum Gasteiger partial charge on any atom is -0.496 e. The minimum atomic E-state index is -0.294. The van der Waals surface area contributed by atoms with E-state index in [1.807, 2.05) is 38.1 Å². The molecule has 1 aromatic heterocycles. The number of rotatable bonds is 6. The Balaban J connectivity index is 0.00000320. The standard InChI is InChI=1S/C22H26FN5O.HI/c1-15-5-7-18(21(11-15)29-4)14-27-22(24-3)26-13-17-6-8-20(19(23)12-17)28-10-9-25-16(28)2;/h5-12H,13-14H2,1-4H3,(H2,24,26,27);1H. The van der Waals surface area contributed by atoms with Gasteiger partial charge in [-0.3, -0.25) is 4.99 Å². The lowest BCUT2D eigenvalue weighted by Crippen LogP contribution is -2.36. The van der Waals surface area contributed by atoms with Crippen molar-refractivity contribution in [2.45, 2.75) is 26.9 Å². The maximum Gasteiger partial charge on any atom is 0.191 e. The van der Waals surface area contributed by atoms with Crippen LogP contribution in [-0.4, -0.2) is 29.7 Å². The van der Waals surface area contributed by atoms with E-state index in [0.29, 0.717) is 24.7 Å². The fourth-order valence-corrected chi connectivity index (χ4v) is 3.07. The van der Waals surface area contributed by atoms with Crippen molar-refractivity contribution in [2.75, 3.05) is 14.2 Å². The van der Waals surface area contributed by atoms with E-state index in [4.69, 9.17) is 4.74 Å². The number of nitrogens with zero attached hydrogens (tertiary/aromatic N) is 3. The molecule has 8 heteroatoms. The molecule has 160 valence electrons. The second-order valence-electron chi connectivity index (χ2n) is 6.72. The van der Waals surface area contributed by atoms with Crippen LogP contribution in [0.25, 0.3) is 5.69 Å². The number of aryl methyl sites for hydroxylation is 2. The molecule has 0 saturated heterocycles. The molecule has 0 aliphatic rings. The number of methoxy groups -OCH3 is 1. The van der Waals surface area contributed by atoms with Crippen LogP contribution < -0.4 is 15.4 Å². The number of aliphatic imine (C=N–C) groups is 1. The molecule has 6 nitrogen and oxygen atoms in total. The van der Waals surface area contributed by atoms with Crippen molar-refractivity contribution >= 4 is 29.9 Å². The zero-order valence-electron chi connectivity index (χ0n) is 17.6. The maximum atomic E-state index is 14.5. The van der Waals surface area contributed by atoms with Crippen LogP contribution in [0.15, 0.2) is 53.8 Å². The van der Waals surface area contributed by atoms with Crippen LogP contribution in [0.3, 0.4) is 0 Å². The van der Waals surface area contributed by atoms with E-state index in [1.165, 1.54) is 6.07 Å². The van der Waals surface area contributed by atoms with E-state index in [-0.39, 0.29) is 29.8 Å². The number of guanidine groups is 1. The fraction of sp³-hybridized carbons (Fsp3) is 0.273. The Morgan fingerprint density at radius 1 is 1.13 bits per heavy atom. The third-order valence-electron chi connectivity index (χ3n) is 4.67. The van der Waals surface area contributed by atoms with Crippen LogP contribution in [0.5, 0.6) is 5.75 Å². The molecular formula is C22H27FIN5O. The zero-order chi connectivity index (χ0) is 20.8. The van der Waals surface area contributed by atoms with Crippen LogP contribution in [0.1, 0.15) is 22.5 Å². The SMILES string of the molecule is CN=C(NCc1ccc(-n2ccnc2C)c(F)c1)NCc1ccc(C)cc1OC.I. The molecule has 1 heterocycles. The molecular weight excluding hydrogens is 496 g/mol. The molecule has 0 bridgehead atoms. The van der Waals surface area contributed by atoms with E-state index in [1.54, 1.807) is 37.2 Å². The topological polar surface area (TPSA) is 63.5 Å². The molecule has 0 amide bonds. The van der Waals surface area contributed by atoms with Crippen molar-refractivity contribution < 1.29 is 9.13 Å². The molecule has 0 spiro atoms. The number of halogens is 2. The van der Waals surface area contributed by atoms with Crippen LogP contribution >= 0.6 is 24.0 Å². The lowest BCUT2D eigenvalue weighted by Gasteiger charge is -2.15. The Kier molecular flexibility index (Phi) is 8.64. The van der Waals surface area contributed by atoms with Gasteiger partial charge in [0.2, 0.25) is 0 Å². The molecule has 0 saturated carbocycles. The molecule has 0 fully saturated rings. The fourth-order valence-electron chi connectivity index (χ4n) is 3.07. The first-order valence-corrected chi connectivity index (χ1v) is 9.38. The second-order valence-corrected chi connectivity index (χ2v) is 6.72. The lowest BCUT2D eigenvalue weighted by molar-refractivity contribution is 0.408. The van der Waals surface area contributed by atoms with Gasteiger partial charge in [-0.05, 0) is 43.2 Å². The first-order chi connectivity index (χ1) is 14.0. The van der Waals surface area contributed by atoms with Gasteiger partial charge in [-0.15, -0.1) is 24.0 Å². The van der Waals surface area contributed by atoms with Crippen LogP contribution in [0.2, 0.25) is 0 Å². The van der Waals surface area contributed by atoms with E-state index >= 15 is 0 Å². The number of hydrogen-bond acceptors (Lipinski definition) is 3. The highest BCUT2D eigenvalue weighted by Gasteiger charge is 2.09. The van der Waals surface area contributed by atoms with Gasteiger partial charge in [0.15, 0.2) is 5.96 Å². The molecule has 0 atom stereocenters. The van der Waals surface area contributed by atoms with Gasteiger partial charge < -0.3 is 19.9 Å². The van der Waals surface area contributed by atoms with Gasteiger partial charge in [0.1, 0.15) is 17.4 Å². The first kappa shape index (κ1) is 23.7. The Bertz CT molecular complexity index is 1020. The van der Waals surface area contributed by atoms with E-state index in [0.717, 1.165) is 28.3 Å². The molecule has 2 N–H and O–H groups in total. The first-order valence-electron chi connectivity index (χ1n) is 9.38. The molecule has 30 heavy (non-hydrogen) atoms. The summed E-state index contributed by atoms with van der Waals surface area (Å²) in [5, 5.41) is 6.47. The summed E-state index contributed by atoms with van der Waals surface area (Å²) in [5.74, 6) is 1.91. The summed E-state index contributed by atoms with van der Waals surface area (Å²) >= 11 is 0. The van der Waals surface area contributed by atoms with Crippen molar-refractivity contribution in [3.63, 3.8) is 0 Å². The zero-order valence-corrected chi connectivity index (χ0v) is 19.9.